The predicted molar refractivity (Wildman–Crippen MR) is 112 cm³/mol. The fraction of sp³-hybridized carbons (Fsp3) is 0.591. The van der Waals surface area contributed by atoms with Crippen molar-refractivity contribution in [1.82, 2.24) is 20.1 Å². The lowest BCUT2D eigenvalue weighted by Gasteiger charge is -2.56. The lowest BCUT2D eigenvalue weighted by Crippen LogP contribution is -2.60. The zero-order chi connectivity index (χ0) is 20.0. The number of ether oxygens (including phenoxy) is 1. The molecule has 0 saturated heterocycles. The molecule has 1 aromatic heterocycles. The van der Waals surface area contributed by atoms with Gasteiger partial charge in [0.2, 0.25) is 5.91 Å². The molecule has 0 unspecified atom stereocenters. The molecule has 0 spiro atoms. The third kappa shape index (κ3) is 3.54. The van der Waals surface area contributed by atoms with E-state index in [9.17, 15) is 4.79 Å². The summed E-state index contributed by atoms with van der Waals surface area (Å²) in [7, 11) is 1.66. The molecule has 6 rings (SSSR count). The lowest BCUT2D eigenvalue weighted by atomic mass is 9.53. The number of nitrogens with zero attached hydrogens (tertiary/aromatic N) is 3. The van der Waals surface area contributed by atoms with Gasteiger partial charge in [-0.2, -0.15) is 0 Å². The largest absolute Gasteiger partial charge is 0.495 e. The van der Waals surface area contributed by atoms with Gasteiger partial charge in [-0.05, 0) is 75.3 Å². The number of aromatic nitrogens is 3. The highest BCUT2D eigenvalue weighted by Crippen LogP contribution is 2.55. The molecule has 0 radical (unpaired) electrons. The molecule has 0 aliphatic heterocycles. The maximum atomic E-state index is 12.9. The molecule has 6 nitrogen and oxygen atoms in total. The van der Waals surface area contributed by atoms with Crippen molar-refractivity contribution in [3.05, 3.63) is 30.1 Å². The van der Waals surface area contributed by atoms with Crippen LogP contribution in [-0.2, 0) is 4.79 Å². The van der Waals surface area contributed by atoms with Gasteiger partial charge in [-0.15, -0.1) is 10.2 Å². The van der Waals surface area contributed by atoms with Crippen molar-refractivity contribution in [2.75, 3.05) is 12.9 Å². The predicted octanol–water partition coefficient (Wildman–Crippen LogP) is 3.76. The van der Waals surface area contributed by atoms with Gasteiger partial charge in [0, 0.05) is 5.54 Å². The molecule has 2 aromatic rings. The first-order valence-electron chi connectivity index (χ1n) is 10.5. The zero-order valence-electron chi connectivity index (χ0n) is 17.1. The van der Waals surface area contributed by atoms with Crippen LogP contribution in [0.15, 0.2) is 29.4 Å². The molecule has 7 heteroatoms. The van der Waals surface area contributed by atoms with Crippen molar-refractivity contribution in [3.63, 3.8) is 0 Å². The Morgan fingerprint density at radius 2 is 1.83 bits per heavy atom. The summed E-state index contributed by atoms with van der Waals surface area (Å²) < 4.78 is 7.46. The van der Waals surface area contributed by atoms with Gasteiger partial charge in [0.25, 0.3) is 0 Å². The summed E-state index contributed by atoms with van der Waals surface area (Å²) in [6.45, 7) is 1.92. The topological polar surface area (TPSA) is 69.0 Å². The Morgan fingerprint density at radius 3 is 2.48 bits per heavy atom. The maximum Gasteiger partial charge on any atom is 0.230 e. The maximum absolute atomic E-state index is 12.9. The molecule has 4 fully saturated rings. The van der Waals surface area contributed by atoms with Gasteiger partial charge in [-0.25, -0.2) is 0 Å². The fourth-order valence-electron chi connectivity index (χ4n) is 6.25. The number of hydrogen-bond donors (Lipinski definition) is 1. The van der Waals surface area contributed by atoms with Gasteiger partial charge < -0.3 is 10.1 Å². The number of carbonyl (C=O) groups is 1. The van der Waals surface area contributed by atoms with E-state index in [0.717, 1.165) is 35.0 Å². The quantitative estimate of drug-likeness (QED) is 0.732. The Morgan fingerprint density at radius 1 is 1.17 bits per heavy atom. The van der Waals surface area contributed by atoms with Crippen LogP contribution in [0.5, 0.6) is 5.75 Å². The van der Waals surface area contributed by atoms with E-state index in [1.807, 2.05) is 35.8 Å². The SMILES string of the molecule is COc1ccccc1-n1c(C)nnc1SCC(=O)NC12CC3CC(CC(C3)C1)C2. The number of para-hydroxylation sites is 2. The van der Waals surface area contributed by atoms with Crippen molar-refractivity contribution in [1.29, 1.82) is 0 Å². The molecule has 4 aliphatic carbocycles. The summed E-state index contributed by atoms with van der Waals surface area (Å²) in [6, 6.07) is 7.80. The van der Waals surface area contributed by atoms with E-state index in [1.54, 1.807) is 7.11 Å². The number of nitrogens with one attached hydrogen (secondary N) is 1. The highest BCUT2D eigenvalue weighted by Gasteiger charge is 2.51. The van der Waals surface area contributed by atoms with Gasteiger partial charge in [-0.3, -0.25) is 9.36 Å². The summed E-state index contributed by atoms with van der Waals surface area (Å²) in [4.78, 5) is 12.9. The molecule has 4 aliphatic rings. The summed E-state index contributed by atoms with van der Waals surface area (Å²) in [5.41, 5.74) is 0.944. The van der Waals surface area contributed by atoms with Crippen molar-refractivity contribution >= 4 is 17.7 Å². The Labute approximate surface area is 175 Å². The number of rotatable bonds is 6. The molecular formula is C22H28N4O2S. The molecule has 0 atom stereocenters. The summed E-state index contributed by atoms with van der Waals surface area (Å²) in [5, 5.41) is 12.7. The van der Waals surface area contributed by atoms with Crippen molar-refractivity contribution in [2.24, 2.45) is 17.8 Å². The van der Waals surface area contributed by atoms with Crippen LogP contribution in [0.25, 0.3) is 5.69 Å². The van der Waals surface area contributed by atoms with Crippen LogP contribution in [-0.4, -0.2) is 39.1 Å². The van der Waals surface area contributed by atoms with Gasteiger partial charge >= 0.3 is 0 Å². The number of hydrogen-bond acceptors (Lipinski definition) is 5. The monoisotopic (exact) mass is 412 g/mol. The number of carbonyl (C=O) groups excluding carboxylic acids is 1. The molecule has 1 aromatic carbocycles. The minimum atomic E-state index is 0.0542. The third-order valence-electron chi connectivity index (χ3n) is 6.90. The van der Waals surface area contributed by atoms with E-state index >= 15 is 0 Å². The number of methoxy groups -OCH3 is 1. The van der Waals surface area contributed by atoms with Crippen LogP contribution in [0.4, 0.5) is 0 Å². The highest BCUT2D eigenvalue weighted by atomic mass is 32.2. The number of aryl methyl sites for hydroxylation is 1. The molecule has 4 bridgehead atoms. The average molecular weight is 413 g/mol. The summed E-state index contributed by atoms with van der Waals surface area (Å²) in [6.07, 6.45) is 7.66. The highest BCUT2D eigenvalue weighted by molar-refractivity contribution is 7.99. The van der Waals surface area contributed by atoms with Crippen LogP contribution < -0.4 is 10.1 Å². The van der Waals surface area contributed by atoms with E-state index in [2.05, 4.69) is 15.5 Å². The van der Waals surface area contributed by atoms with Crippen molar-refractivity contribution in [3.8, 4) is 11.4 Å². The molecular weight excluding hydrogens is 384 g/mol. The van der Waals surface area contributed by atoms with E-state index in [4.69, 9.17) is 4.74 Å². The first-order chi connectivity index (χ1) is 14.0. The van der Waals surface area contributed by atoms with E-state index in [1.165, 1.54) is 50.3 Å². The van der Waals surface area contributed by atoms with Gasteiger partial charge in [-0.1, -0.05) is 23.9 Å². The Hall–Kier alpha value is -2.02. The number of amides is 1. The van der Waals surface area contributed by atoms with E-state index in [-0.39, 0.29) is 11.4 Å². The fourth-order valence-corrected chi connectivity index (χ4v) is 7.04. The average Bonchev–Trinajstić information content (AvgIpc) is 3.05. The van der Waals surface area contributed by atoms with Crippen LogP contribution in [0, 0.1) is 24.7 Å². The second-order valence-electron chi connectivity index (χ2n) is 9.07. The standard InChI is InChI=1S/C22H28N4O2S/c1-14-24-25-21(26(14)18-5-3-4-6-19(18)28-2)29-13-20(27)23-22-10-15-7-16(11-22)9-17(8-15)12-22/h3-6,15-17H,7-13H2,1-2H3,(H,23,27). The van der Waals surface area contributed by atoms with Crippen LogP contribution in [0.3, 0.4) is 0 Å². The molecule has 29 heavy (non-hydrogen) atoms. The molecule has 1 heterocycles. The van der Waals surface area contributed by atoms with Crippen LogP contribution >= 0.6 is 11.8 Å². The Balaban J connectivity index is 1.28. The zero-order valence-corrected chi connectivity index (χ0v) is 17.9. The van der Waals surface area contributed by atoms with Crippen molar-refractivity contribution < 1.29 is 9.53 Å². The first kappa shape index (κ1) is 19.0. The third-order valence-corrected chi connectivity index (χ3v) is 7.83. The van der Waals surface area contributed by atoms with Crippen molar-refractivity contribution in [2.45, 2.75) is 56.1 Å². The van der Waals surface area contributed by atoms with Gasteiger partial charge in [0.15, 0.2) is 5.16 Å². The summed E-state index contributed by atoms with van der Waals surface area (Å²) >= 11 is 1.44. The second kappa shape index (κ2) is 7.35. The first-order valence-corrected chi connectivity index (χ1v) is 11.5. The molecule has 154 valence electrons. The molecule has 1 amide bonds. The lowest BCUT2D eigenvalue weighted by molar-refractivity contribution is -0.124. The van der Waals surface area contributed by atoms with Crippen LogP contribution in [0.2, 0.25) is 0 Å². The molecule has 4 saturated carbocycles. The van der Waals surface area contributed by atoms with Crippen LogP contribution in [0.1, 0.15) is 44.3 Å². The Bertz CT molecular complexity index is 890. The molecule has 1 N–H and O–H groups in total. The smallest absolute Gasteiger partial charge is 0.230 e. The van der Waals surface area contributed by atoms with Gasteiger partial charge in [0.05, 0.1) is 18.6 Å². The van der Waals surface area contributed by atoms with E-state index < -0.39 is 0 Å². The minimum absolute atomic E-state index is 0.0542. The minimum Gasteiger partial charge on any atom is -0.495 e. The number of thioether (sulfide) groups is 1. The second-order valence-corrected chi connectivity index (χ2v) is 10.0. The number of benzene rings is 1. The summed E-state index contributed by atoms with van der Waals surface area (Å²) in [5.74, 6) is 4.48. The van der Waals surface area contributed by atoms with Gasteiger partial charge in [0.1, 0.15) is 11.6 Å². The van der Waals surface area contributed by atoms with E-state index in [0.29, 0.717) is 10.9 Å². The normalized spacial score (nSPS) is 29.8. The Kier molecular flexibility index (Phi) is 4.81.